The molecule has 1 aliphatic carbocycles. The first-order valence-electron chi connectivity index (χ1n) is 12.1. The van der Waals surface area contributed by atoms with Crippen molar-refractivity contribution in [3.05, 3.63) is 71.9 Å². The highest BCUT2D eigenvalue weighted by Gasteiger charge is 2.48. The van der Waals surface area contributed by atoms with Gasteiger partial charge in [-0.1, -0.05) is 43.9 Å². The van der Waals surface area contributed by atoms with Gasteiger partial charge in [-0.3, -0.25) is 9.59 Å². The first-order valence-corrected chi connectivity index (χ1v) is 12.1. The third-order valence-corrected chi connectivity index (χ3v) is 7.25. The van der Waals surface area contributed by atoms with E-state index >= 15 is 0 Å². The van der Waals surface area contributed by atoms with Crippen molar-refractivity contribution in [1.82, 2.24) is 14.8 Å². The van der Waals surface area contributed by atoms with E-state index in [-0.39, 0.29) is 36.8 Å². The zero-order chi connectivity index (χ0) is 23.7. The molecule has 2 aromatic heterocycles. The van der Waals surface area contributed by atoms with Crippen molar-refractivity contribution >= 4 is 11.8 Å². The Hall–Kier alpha value is -3.35. The molecule has 5 rings (SSSR count). The van der Waals surface area contributed by atoms with Crippen molar-refractivity contribution in [3.8, 4) is 11.5 Å². The van der Waals surface area contributed by atoms with Crippen LogP contribution in [-0.4, -0.2) is 32.9 Å². The van der Waals surface area contributed by atoms with E-state index in [0.29, 0.717) is 17.0 Å². The molecule has 2 amide bonds. The lowest BCUT2D eigenvalue weighted by Gasteiger charge is -2.45. The van der Waals surface area contributed by atoms with Crippen LogP contribution in [0.1, 0.15) is 61.5 Å². The van der Waals surface area contributed by atoms with Crippen molar-refractivity contribution < 1.29 is 18.4 Å². The van der Waals surface area contributed by atoms with Gasteiger partial charge in [0.15, 0.2) is 0 Å². The minimum atomic E-state index is -1.20. The number of carbonyl (C=O) groups excluding carboxylic acids is 2. The van der Waals surface area contributed by atoms with E-state index < -0.39 is 5.54 Å². The second-order valence-electron chi connectivity index (χ2n) is 9.59. The van der Waals surface area contributed by atoms with E-state index in [0.717, 1.165) is 31.4 Å². The fourth-order valence-electron chi connectivity index (χ4n) is 5.22. The zero-order valence-electron chi connectivity index (χ0n) is 19.4. The number of nitrogens with one attached hydrogen (secondary N) is 1. The van der Waals surface area contributed by atoms with E-state index in [2.05, 4.69) is 5.32 Å². The number of benzene rings is 1. The number of furan rings is 1. The number of hydrogen-bond donors (Lipinski definition) is 1. The average Bonchev–Trinajstić information content (AvgIpc) is 3.42. The van der Waals surface area contributed by atoms with E-state index in [1.54, 1.807) is 43.5 Å². The smallest absolute Gasteiger partial charge is 0.271 e. The molecule has 7 heteroatoms. The number of amides is 2. The van der Waals surface area contributed by atoms with Crippen LogP contribution < -0.4 is 5.32 Å². The maximum Gasteiger partial charge on any atom is 0.271 e. The number of aromatic nitrogens is 1. The fraction of sp³-hybridized carbons (Fsp3) is 0.407. The maximum atomic E-state index is 14.6. The SMILES string of the molecule is CC1(C(=O)NC2CCCCCC2)Cn2c(ccc2-c2ccco2)C(=O)N1Cc1ccccc1F. The molecule has 1 unspecified atom stereocenters. The monoisotopic (exact) mass is 463 g/mol. The highest BCUT2D eigenvalue weighted by Crippen LogP contribution is 2.35. The number of halogens is 1. The first-order chi connectivity index (χ1) is 16.5. The molecule has 0 spiro atoms. The Morgan fingerprint density at radius 2 is 1.79 bits per heavy atom. The minimum Gasteiger partial charge on any atom is -0.463 e. The van der Waals surface area contributed by atoms with E-state index in [9.17, 15) is 14.0 Å². The van der Waals surface area contributed by atoms with Gasteiger partial charge in [0.05, 0.1) is 25.0 Å². The molecule has 3 aromatic rings. The Morgan fingerprint density at radius 3 is 2.50 bits per heavy atom. The van der Waals surface area contributed by atoms with Crippen LogP contribution in [0.4, 0.5) is 4.39 Å². The van der Waals surface area contributed by atoms with Gasteiger partial charge in [-0.05, 0) is 50.1 Å². The second-order valence-corrected chi connectivity index (χ2v) is 9.59. The van der Waals surface area contributed by atoms with Crippen LogP contribution in [0.2, 0.25) is 0 Å². The summed E-state index contributed by atoms with van der Waals surface area (Å²) in [6.07, 6.45) is 8.00. The number of carbonyl (C=O) groups is 2. The van der Waals surface area contributed by atoms with Crippen molar-refractivity contribution in [1.29, 1.82) is 0 Å². The van der Waals surface area contributed by atoms with E-state index in [1.165, 1.54) is 23.8 Å². The molecule has 6 nitrogen and oxygen atoms in total. The number of rotatable bonds is 5. The summed E-state index contributed by atoms with van der Waals surface area (Å²) in [7, 11) is 0. The molecule has 1 aliphatic heterocycles. The molecule has 0 bridgehead atoms. The van der Waals surface area contributed by atoms with Gasteiger partial charge >= 0.3 is 0 Å². The van der Waals surface area contributed by atoms with Gasteiger partial charge < -0.3 is 19.2 Å². The number of fused-ring (bicyclic) bond motifs is 1. The van der Waals surface area contributed by atoms with E-state index in [4.69, 9.17) is 4.42 Å². The van der Waals surface area contributed by atoms with Gasteiger partial charge in [0.2, 0.25) is 5.91 Å². The molecule has 0 saturated heterocycles. The topological polar surface area (TPSA) is 67.5 Å². The summed E-state index contributed by atoms with van der Waals surface area (Å²) in [6.45, 7) is 2.05. The van der Waals surface area contributed by atoms with Gasteiger partial charge in [0.25, 0.3) is 5.91 Å². The van der Waals surface area contributed by atoms with Crippen LogP contribution in [0.5, 0.6) is 0 Å². The molecule has 1 fully saturated rings. The predicted octanol–water partition coefficient (Wildman–Crippen LogP) is 5.14. The highest BCUT2D eigenvalue weighted by atomic mass is 19.1. The van der Waals surface area contributed by atoms with E-state index in [1.807, 2.05) is 16.7 Å². The Kier molecular flexibility index (Phi) is 6.02. The summed E-state index contributed by atoms with van der Waals surface area (Å²) in [6, 6.07) is 13.7. The summed E-state index contributed by atoms with van der Waals surface area (Å²) >= 11 is 0. The third kappa shape index (κ3) is 4.04. The molecule has 34 heavy (non-hydrogen) atoms. The fourth-order valence-corrected chi connectivity index (χ4v) is 5.22. The largest absolute Gasteiger partial charge is 0.463 e. The summed E-state index contributed by atoms with van der Waals surface area (Å²) in [5.41, 5.74) is 0.393. The maximum absolute atomic E-state index is 14.6. The van der Waals surface area contributed by atoms with Gasteiger partial charge in [0.1, 0.15) is 22.8 Å². The molecule has 1 atom stereocenters. The quantitative estimate of drug-likeness (QED) is 0.533. The number of nitrogens with zero attached hydrogens (tertiary/aromatic N) is 2. The molecule has 3 heterocycles. The normalized spacial score (nSPS) is 21.2. The van der Waals surface area contributed by atoms with Crippen molar-refractivity contribution in [2.45, 2.75) is 70.1 Å². The molecule has 1 N–H and O–H groups in total. The summed E-state index contributed by atoms with van der Waals surface area (Å²) < 4.78 is 22.0. The summed E-state index contributed by atoms with van der Waals surface area (Å²) in [4.78, 5) is 29.1. The molecule has 2 aliphatic rings. The Labute approximate surface area is 198 Å². The van der Waals surface area contributed by atoms with Crippen LogP contribution in [-0.2, 0) is 17.9 Å². The van der Waals surface area contributed by atoms with Gasteiger partial charge in [-0.25, -0.2) is 4.39 Å². The minimum absolute atomic E-state index is 0.0152. The molecule has 1 saturated carbocycles. The standard InChI is InChI=1S/C27H30FN3O3/c1-27(26(33)29-20-10-4-2-3-5-11-20)18-30-22(24-13-8-16-34-24)14-15-23(30)25(32)31(27)17-19-9-6-7-12-21(19)28/h6-9,12-16,20H,2-5,10-11,17-18H2,1H3,(H,29,33). The lowest BCUT2D eigenvalue weighted by Crippen LogP contribution is -2.64. The Morgan fingerprint density at radius 1 is 1.06 bits per heavy atom. The second kappa shape index (κ2) is 9.12. The zero-order valence-corrected chi connectivity index (χ0v) is 19.4. The Balaban J connectivity index is 1.53. The molecular formula is C27H30FN3O3. The molecule has 0 radical (unpaired) electrons. The summed E-state index contributed by atoms with van der Waals surface area (Å²) in [5.74, 6) is -0.258. The van der Waals surface area contributed by atoms with Crippen molar-refractivity contribution in [2.75, 3.05) is 0 Å². The molecule has 1 aromatic carbocycles. The van der Waals surface area contributed by atoms with Crippen molar-refractivity contribution in [2.24, 2.45) is 0 Å². The highest BCUT2D eigenvalue weighted by molar-refractivity contribution is 6.00. The predicted molar refractivity (Wildman–Crippen MR) is 126 cm³/mol. The lowest BCUT2D eigenvalue weighted by atomic mass is 9.92. The van der Waals surface area contributed by atoms with Crippen LogP contribution >= 0.6 is 0 Å². The first kappa shape index (κ1) is 22.4. The third-order valence-electron chi connectivity index (χ3n) is 7.25. The Bertz CT molecular complexity index is 1180. The van der Waals surface area contributed by atoms with Crippen molar-refractivity contribution in [3.63, 3.8) is 0 Å². The lowest BCUT2D eigenvalue weighted by molar-refractivity contribution is -0.134. The average molecular weight is 464 g/mol. The van der Waals surface area contributed by atoms with Gasteiger partial charge in [0, 0.05) is 11.6 Å². The van der Waals surface area contributed by atoms with Crippen LogP contribution in [0, 0.1) is 5.82 Å². The number of hydrogen-bond acceptors (Lipinski definition) is 3. The molecule has 178 valence electrons. The molecular weight excluding hydrogens is 433 g/mol. The van der Waals surface area contributed by atoms with Crippen LogP contribution in [0.25, 0.3) is 11.5 Å². The van der Waals surface area contributed by atoms with Gasteiger partial charge in [-0.2, -0.15) is 0 Å². The summed E-state index contributed by atoms with van der Waals surface area (Å²) in [5, 5.41) is 3.23. The van der Waals surface area contributed by atoms with Crippen LogP contribution in [0.3, 0.4) is 0 Å². The van der Waals surface area contributed by atoms with Crippen LogP contribution in [0.15, 0.2) is 59.2 Å². The van der Waals surface area contributed by atoms with Gasteiger partial charge in [-0.15, -0.1) is 0 Å².